The highest BCUT2D eigenvalue weighted by molar-refractivity contribution is 5.89. The lowest BCUT2D eigenvalue weighted by atomic mass is 9.96. The molecule has 92 valence electrons. The van der Waals surface area contributed by atoms with E-state index in [1.165, 1.54) is 19.3 Å². The summed E-state index contributed by atoms with van der Waals surface area (Å²) >= 11 is 0. The second-order valence-electron chi connectivity index (χ2n) is 4.48. The number of benzene rings is 1. The molecule has 4 heteroatoms. The molecule has 4 nitrogen and oxygen atoms in total. The number of phenols is 1. The Hall–Kier alpha value is -1.71. The summed E-state index contributed by atoms with van der Waals surface area (Å²) < 4.78 is 0. The molecule has 0 aliphatic heterocycles. The van der Waals surface area contributed by atoms with Crippen molar-refractivity contribution in [1.29, 1.82) is 0 Å². The Kier molecular flexibility index (Phi) is 3.85. The van der Waals surface area contributed by atoms with Crippen molar-refractivity contribution in [2.75, 3.05) is 5.32 Å². The number of hydrogen-bond donors (Lipinski definition) is 3. The van der Waals surface area contributed by atoms with Crippen LogP contribution in [0.5, 0.6) is 5.75 Å². The van der Waals surface area contributed by atoms with Crippen LogP contribution in [0, 0.1) is 0 Å². The molecule has 1 aliphatic rings. The standard InChI is InChI=1S/C13H18N2O2/c16-12-8-6-11(7-9-12)15-13(17)14-10-4-2-1-3-5-10/h6-10,16H,1-5H2,(H2,14,15,17). The largest absolute Gasteiger partial charge is 0.508 e. The molecule has 0 unspecified atom stereocenters. The van der Waals surface area contributed by atoms with E-state index in [2.05, 4.69) is 10.6 Å². The van der Waals surface area contributed by atoms with Crippen LogP contribution >= 0.6 is 0 Å². The minimum absolute atomic E-state index is 0.164. The molecule has 0 radical (unpaired) electrons. The Bertz CT molecular complexity index is 370. The van der Waals surface area contributed by atoms with Crippen LogP contribution in [-0.2, 0) is 0 Å². The molecule has 1 aromatic rings. The van der Waals surface area contributed by atoms with E-state index in [0.29, 0.717) is 11.7 Å². The summed E-state index contributed by atoms with van der Waals surface area (Å²) in [6, 6.07) is 6.60. The topological polar surface area (TPSA) is 61.4 Å². The van der Waals surface area contributed by atoms with Crippen molar-refractivity contribution >= 4 is 11.7 Å². The van der Waals surface area contributed by atoms with Gasteiger partial charge >= 0.3 is 6.03 Å². The molecule has 0 saturated heterocycles. The monoisotopic (exact) mass is 234 g/mol. The van der Waals surface area contributed by atoms with Crippen molar-refractivity contribution in [3.63, 3.8) is 0 Å². The van der Waals surface area contributed by atoms with Crippen LogP contribution in [0.15, 0.2) is 24.3 Å². The number of carbonyl (C=O) groups is 1. The van der Waals surface area contributed by atoms with Gasteiger partial charge in [0.05, 0.1) is 0 Å². The van der Waals surface area contributed by atoms with E-state index in [4.69, 9.17) is 5.11 Å². The molecular weight excluding hydrogens is 216 g/mol. The highest BCUT2D eigenvalue weighted by atomic mass is 16.3. The Labute approximate surface area is 101 Å². The molecule has 3 N–H and O–H groups in total. The molecule has 0 heterocycles. The number of hydrogen-bond acceptors (Lipinski definition) is 2. The third kappa shape index (κ3) is 3.66. The number of urea groups is 1. The quantitative estimate of drug-likeness (QED) is 0.689. The molecule has 0 spiro atoms. The van der Waals surface area contributed by atoms with Crippen molar-refractivity contribution in [3.05, 3.63) is 24.3 Å². The van der Waals surface area contributed by atoms with Crippen molar-refractivity contribution < 1.29 is 9.90 Å². The van der Waals surface area contributed by atoms with Crippen molar-refractivity contribution in [1.82, 2.24) is 5.32 Å². The Morgan fingerprint density at radius 2 is 1.76 bits per heavy atom. The fraction of sp³-hybridized carbons (Fsp3) is 0.462. The summed E-state index contributed by atoms with van der Waals surface area (Å²) in [4.78, 5) is 11.7. The van der Waals surface area contributed by atoms with Gasteiger partial charge in [-0.05, 0) is 37.1 Å². The van der Waals surface area contributed by atoms with E-state index in [-0.39, 0.29) is 11.8 Å². The molecule has 0 atom stereocenters. The molecule has 2 amide bonds. The molecule has 0 aromatic heterocycles. The van der Waals surface area contributed by atoms with Gasteiger partial charge in [0.1, 0.15) is 5.75 Å². The normalized spacial score (nSPS) is 16.5. The average Bonchev–Trinajstić information content (AvgIpc) is 2.33. The molecule has 1 aliphatic carbocycles. The smallest absolute Gasteiger partial charge is 0.319 e. The van der Waals surface area contributed by atoms with Crippen molar-refractivity contribution in [3.8, 4) is 5.75 Å². The average molecular weight is 234 g/mol. The molecular formula is C13H18N2O2. The van der Waals surface area contributed by atoms with Gasteiger partial charge in [-0.2, -0.15) is 0 Å². The van der Waals surface area contributed by atoms with Gasteiger partial charge in [-0.1, -0.05) is 19.3 Å². The fourth-order valence-electron chi connectivity index (χ4n) is 2.14. The Morgan fingerprint density at radius 3 is 2.41 bits per heavy atom. The molecule has 0 bridgehead atoms. The first-order chi connectivity index (χ1) is 8.24. The number of nitrogens with one attached hydrogen (secondary N) is 2. The van der Waals surface area contributed by atoms with Crippen LogP contribution in [0.1, 0.15) is 32.1 Å². The first kappa shape index (κ1) is 11.8. The SMILES string of the molecule is O=C(Nc1ccc(O)cc1)NC1CCCCC1. The maximum absolute atomic E-state index is 11.7. The lowest BCUT2D eigenvalue weighted by Crippen LogP contribution is -2.38. The number of carbonyl (C=O) groups excluding carboxylic acids is 1. The van der Waals surface area contributed by atoms with E-state index in [9.17, 15) is 4.79 Å². The number of rotatable bonds is 2. The van der Waals surface area contributed by atoms with Crippen LogP contribution < -0.4 is 10.6 Å². The molecule has 2 rings (SSSR count). The second kappa shape index (κ2) is 5.57. The fourth-order valence-corrected chi connectivity index (χ4v) is 2.14. The number of anilines is 1. The summed E-state index contributed by atoms with van der Waals surface area (Å²) in [5.74, 6) is 0.197. The highest BCUT2D eigenvalue weighted by Crippen LogP contribution is 2.18. The van der Waals surface area contributed by atoms with Crippen LogP contribution in [0.3, 0.4) is 0 Å². The van der Waals surface area contributed by atoms with E-state index < -0.39 is 0 Å². The van der Waals surface area contributed by atoms with Crippen LogP contribution in [0.25, 0.3) is 0 Å². The zero-order valence-electron chi connectivity index (χ0n) is 9.78. The third-order valence-electron chi connectivity index (χ3n) is 3.07. The number of amides is 2. The Balaban J connectivity index is 1.82. The molecule has 1 aromatic carbocycles. The predicted octanol–water partition coefficient (Wildman–Crippen LogP) is 2.85. The van der Waals surface area contributed by atoms with Gasteiger partial charge in [0, 0.05) is 11.7 Å². The minimum atomic E-state index is -0.164. The summed E-state index contributed by atoms with van der Waals surface area (Å²) in [6.45, 7) is 0. The lowest BCUT2D eigenvalue weighted by Gasteiger charge is -2.22. The van der Waals surface area contributed by atoms with Gasteiger partial charge in [0.2, 0.25) is 0 Å². The van der Waals surface area contributed by atoms with Gasteiger partial charge in [-0.15, -0.1) is 0 Å². The highest BCUT2D eigenvalue weighted by Gasteiger charge is 2.15. The number of phenolic OH excluding ortho intramolecular Hbond substituents is 1. The van der Waals surface area contributed by atoms with Crippen LogP contribution in [0.2, 0.25) is 0 Å². The van der Waals surface area contributed by atoms with Crippen LogP contribution in [0.4, 0.5) is 10.5 Å². The minimum Gasteiger partial charge on any atom is -0.508 e. The maximum atomic E-state index is 11.7. The van der Waals surface area contributed by atoms with Gasteiger partial charge in [-0.3, -0.25) is 0 Å². The summed E-state index contributed by atoms with van der Waals surface area (Å²) in [6.07, 6.45) is 5.82. The Morgan fingerprint density at radius 1 is 1.12 bits per heavy atom. The van der Waals surface area contributed by atoms with Gasteiger partial charge in [0.25, 0.3) is 0 Å². The zero-order valence-corrected chi connectivity index (χ0v) is 9.78. The maximum Gasteiger partial charge on any atom is 0.319 e. The van der Waals surface area contributed by atoms with Gasteiger partial charge < -0.3 is 15.7 Å². The van der Waals surface area contributed by atoms with E-state index in [0.717, 1.165) is 12.8 Å². The first-order valence-corrected chi connectivity index (χ1v) is 6.10. The van der Waals surface area contributed by atoms with Crippen LogP contribution in [-0.4, -0.2) is 17.2 Å². The van der Waals surface area contributed by atoms with Gasteiger partial charge in [-0.25, -0.2) is 4.79 Å². The summed E-state index contributed by atoms with van der Waals surface area (Å²) in [5, 5.41) is 14.8. The van der Waals surface area contributed by atoms with E-state index in [1.807, 2.05) is 0 Å². The first-order valence-electron chi connectivity index (χ1n) is 6.10. The van der Waals surface area contributed by atoms with Crippen molar-refractivity contribution in [2.24, 2.45) is 0 Å². The summed E-state index contributed by atoms with van der Waals surface area (Å²) in [7, 11) is 0. The third-order valence-corrected chi connectivity index (χ3v) is 3.07. The zero-order chi connectivity index (χ0) is 12.1. The molecule has 1 fully saturated rings. The molecule has 1 saturated carbocycles. The van der Waals surface area contributed by atoms with Crippen molar-refractivity contribution in [2.45, 2.75) is 38.1 Å². The molecule has 17 heavy (non-hydrogen) atoms. The predicted molar refractivity (Wildman–Crippen MR) is 67.1 cm³/mol. The lowest BCUT2D eigenvalue weighted by molar-refractivity contribution is 0.244. The number of aromatic hydroxyl groups is 1. The van der Waals surface area contributed by atoms with Gasteiger partial charge in [0.15, 0.2) is 0 Å². The second-order valence-corrected chi connectivity index (χ2v) is 4.48. The van der Waals surface area contributed by atoms with E-state index >= 15 is 0 Å². The summed E-state index contributed by atoms with van der Waals surface area (Å²) in [5.41, 5.74) is 0.691. The van der Waals surface area contributed by atoms with E-state index in [1.54, 1.807) is 24.3 Å².